The fourth-order valence-electron chi connectivity index (χ4n) is 1.90. The van der Waals surface area contributed by atoms with Gasteiger partial charge in [0, 0.05) is 20.8 Å². The molecule has 0 aliphatic carbocycles. The molecule has 2 rings (SSSR count). The number of benzene rings is 2. The largest absolute Gasteiger partial charge is 0.125 e. The fraction of sp³-hybridized carbons (Fsp3) is 0.294. The summed E-state index contributed by atoms with van der Waals surface area (Å²) in [5.74, 6) is 1.18. The molecule has 0 radical (unpaired) electrons. The van der Waals surface area contributed by atoms with Crippen molar-refractivity contribution < 1.29 is 0 Å². The van der Waals surface area contributed by atoms with Crippen LogP contribution in [0.4, 0.5) is 0 Å². The van der Waals surface area contributed by atoms with Crippen molar-refractivity contribution in [1.82, 2.24) is 0 Å². The highest BCUT2D eigenvalue weighted by Crippen LogP contribution is 2.30. The third-order valence-electron chi connectivity index (χ3n) is 2.84. The van der Waals surface area contributed by atoms with Crippen LogP contribution in [0.15, 0.2) is 70.5 Å². The van der Waals surface area contributed by atoms with Crippen molar-refractivity contribution in [3.05, 3.63) is 60.7 Å². The van der Waals surface area contributed by atoms with Gasteiger partial charge in [-0.3, -0.25) is 0 Å². The first kappa shape index (κ1) is 14.5. The number of hydrogen-bond acceptors (Lipinski definition) is 2. The zero-order valence-electron chi connectivity index (χ0n) is 11.3. The van der Waals surface area contributed by atoms with Crippen LogP contribution in [0.2, 0.25) is 0 Å². The van der Waals surface area contributed by atoms with Gasteiger partial charge < -0.3 is 0 Å². The van der Waals surface area contributed by atoms with E-state index in [2.05, 4.69) is 67.6 Å². The van der Waals surface area contributed by atoms with Gasteiger partial charge in [0.1, 0.15) is 0 Å². The van der Waals surface area contributed by atoms with Gasteiger partial charge in [-0.05, 0) is 30.7 Å². The molecule has 0 N–H and O–H groups in total. The van der Waals surface area contributed by atoms with E-state index in [1.54, 1.807) is 0 Å². The van der Waals surface area contributed by atoms with E-state index in [4.69, 9.17) is 0 Å². The maximum absolute atomic E-state index is 2.27. The second-order valence-electron chi connectivity index (χ2n) is 4.47. The van der Waals surface area contributed by atoms with Crippen LogP contribution < -0.4 is 0 Å². The average Bonchev–Trinajstić information content (AvgIpc) is 2.47. The molecular weight excluding hydrogens is 268 g/mol. The molecule has 0 aliphatic heterocycles. The molecule has 19 heavy (non-hydrogen) atoms. The summed E-state index contributed by atoms with van der Waals surface area (Å²) in [6.07, 6.45) is 2.53. The lowest BCUT2D eigenvalue weighted by Gasteiger charge is -2.15. The van der Waals surface area contributed by atoms with Crippen molar-refractivity contribution >= 4 is 23.5 Å². The van der Waals surface area contributed by atoms with Crippen molar-refractivity contribution in [1.29, 1.82) is 0 Å². The van der Waals surface area contributed by atoms with Gasteiger partial charge in [-0.25, -0.2) is 0 Å². The zero-order chi connectivity index (χ0) is 13.3. The summed E-state index contributed by atoms with van der Waals surface area (Å²) in [5, 5.41) is 0.692. The van der Waals surface area contributed by atoms with E-state index in [0.717, 1.165) is 0 Å². The second-order valence-corrected chi connectivity index (χ2v) is 6.93. The predicted octanol–water partition coefficient (Wildman–Crippen LogP) is 5.74. The summed E-state index contributed by atoms with van der Waals surface area (Å²) >= 11 is 3.98. The summed E-state index contributed by atoms with van der Waals surface area (Å²) in [5.41, 5.74) is 0. The van der Waals surface area contributed by atoms with E-state index in [9.17, 15) is 0 Å². The lowest BCUT2D eigenvalue weighted by molar-refractivity contribution is 0.793. The maximum atomic E-state index is 2.27. The van der Waals surface area contributed by atoms with Crippen molar-refractivity contribution in [2.75, 3.05) is 5.75 Å². The van der Waals surface area contributed by atoms with Gasteiger partial charge in [-0.15, -0.1) is 23.5 Å². The van der Waals surface area contributed by atoms with E-state index >= 15 is 0 Å². The van der Waals surface area contributed by atoms with E-state index in [0.29, 0.717) is 5.25 Å². The molecule has 0 fully saturated rings. The van der Waals surface area contributed by atoms with Gasteiger partial charge in [-0.2, -0.15) is 0 Å². The van der Waals surface area contributed by atoms with Crippen LogP contribution in [-0.4, -0.2) is 11.0 Å². The Labute approximate surface area is 125 Å². The van der Waals surface area contributed by atoms with E-state index in [1.807, 2.05) is 23.5 Å². The Balaban J connectivity index is 1.89. The van der Waals surface area contributed by atoms with Crippen LogP contribution in [0.25, 0.3) is 0 Å². The molecule has 1 atom stereocenters. The topological polar surface area (TPSA) is 0 Å². The minimum atomic E-state index is 0.692. The van der Waals surface area contributed by atoms with Gasteiger partial charge in [0.05, 0.1) is 0 Å². The minimum Gasteiger partial charge on any atom is -0.125 e. The first-order valence-corrected chi connectivity index (χ1v) is 8.64. The normalized spacial score (nSPS) is 12.3. The molecule has 2 aromatic carbocycles. The molecule has 100 valence electrons. The zero-order valence-corrected chi connectivity index (χ0v) is 12.9. The monoisotopic (exact) mass is 288 g/mol. The van der Waals surface area contributed by atoms with Crippen LogP contribution in [-0.2, 0) is 0 Å². The molecule has 0 aliphatic rings. The third-order valence-corrected chi connectivity index (χ3v) is 5.50. The van der Waals surface area contributed by atoms with Gasteiger partial charge in [0.15, 0.2) is 0 Å². The number of thioether (sulfide) groups is 2. The second kappa shape index (κ2) is 8.34. The Hall–Kier alpha value is -0.860. The molecule has 0 aromatic heterocycles. The molecule has 0 spiro atoms. The lowest BCUT2D eigenvalue weighted by Crippen LogP contribution is -2.05. The molecule has 0 nitrogen and oxygen atoms in total. The molecule has 0 heterocycles. The van der Waals surface area contributed by atoms with E-state index in [-0.39, 0.29) is 0 Å². The molecule has 0 amide bonds. The first-order valence-electron chi connectivity index (χ1n) is 6.78. The van der Waals surface area contributed by atoms with Crippen molar-refractivity contribution in [3.63, 3.8) is 0 Å². The Kier molecular flexibility index (Phi) is 6.38. The average molecular weight is 288 g/mol. The molecule has 0 saturated heterocycles. The van der Waals surface area contributed by atoms with Crippen molar-refractivity contribution in [3.8, 4) is 0 Å². The van der Waals surface area contributed by atoms with Crippen LogP contribution in [0.5, 0.6) is 0 Å². The molecule has 0 saturated carbocycles. The summed E-state index contributed by atoms with van der Waals surface area (Å²) in [7, 11) is 0. The Morgan fingerprint density at radius 3 is 2.00 bits per heavy atom. The van der Waals surface area contributed by atoms with Crippen molar-refractivity contribution in [2.45, 2.75) is 34.8 Å². The summed E-state index contributed by atoms with van der Waals surface area (Å²) in [4.78, 5) is 2.76. The summed E-state index contributed by atoms with van der Waals surface area (Å²) in [6.45, 7) is 2.27. The number of rotatable bonds is 7. The highest BCUT2D eigenvalue weighted by Gasteiger charge is 2.10. The molecule has 1 unspecified atom stereocenters. The van der Waals surface area contributed by atoms with Gasteiger partial charge >= 0.3 is 0 Å². The molecule has 2 aromatic rings. The number of hydrogen-bond donors (Lipinski definition) is 0. The Bertz CT molecular complexity index is 453. The van der Waals surface area contributed by atoms with Crippen molar-refractivity contribution in [2.24, 2.45) is 0 Å². The molecular formula is C17H20S2. The quantitative estimate of drug-likeness (QED) is 0.596. The van der Waals surface area contributed by atoms with Crippen LogP contribution in [0.3, 0.4) is 0 Å². The maximum Gasteiger partial charge on any atom is 0.0188 e. The Morgan fingerprint density at radius 1 is 0.842 bits per heavy atom. The summed E-state index contributed by atoms with van der Waals surface area (Å²) in [6, 6.07) is 21.4. The predicted molar refractivity (Wildman–Crippen MR) is 88.2 cm³/mol. The highest BCUT2D eigenvalue weighted by atomic mass is 32.2. The standard InChI is InChI=1S/C17H20S2/c1-2-9-17(19-16-12-7-4-8-13-16)14-18-15-10-5-3-6-11-15/h3-8,10-13,17H,2,9,14H2,1H3. The first-order chi connectivity index (χ1) is 9.38. The van der Waals surface area contributed by atoms with Crippen LogP contribution >= 0.6 is 23.5 Å². The van der Waals surface area contributed by atoms with E-state index < -0.39 is 0 Å². The van der Waals surface area contributed by atoms with E-state index in [1.165, 1.54) is 28.4 Å². The molecule has 0 bridgehead atoms. The minimum absolute atomic E-state index is 0.692. The molecule has 2 heteroatoms. The highest BCUT2D eigenvalue weighted by molar-refractivity contribution is 8.03. The summed E-state index contributed by atoms with van der Waals surface area (Å²) < 4.78 is 0. The third kappa shape index (κ3) is 5.33. The fourth-order valence-corrected chi connectivity index (χ4v) is 4.32. The smallest absolute Gasteiger partial charge is 0.0188 e. The van der Waals surface area contributed by atoms with Gasteiger partial charge in [0.25, 0.3) is 0 Å². The van der Waals surface area contributed by atoms with Crippen LogP contribution in [0, 0.1) is 0 Å². The Morgan fingerprint density at radius 2 is 1.42 bits per heavy atom. The van der Waals surface area contributed by atoms with Gasteiger partial charge in [0.2, 0.25) is 0 Å². The lowest BCUT2D eigenvalue weighted by atomic mass is 10.3. The van der Waals surface area contributed by atoms with Crippen LogP contribution in [0.1, 0.15) is 19.8 Å². The SMILES string of the molecule is CCCC(CSc1ccccc1)Sc1ccccc1. The van der Waals surface area contributed by atoms with Gasteiger partial charge in [-0.1, -0.05) is 49.7 Å².